The van der Waals surface area contributed by atoms with Crippen LogP contribution in [0.15, 0.2) is 24.3 Å². The molecule has 5 heteroatoms. The number of carbonyl (C=O) groups excluding carboxylic acids is 1. The quantitative estimate of drug-likeness (QED) is 0.927. The third-order valence-electron chi connectivity index (χ3n) is 5.27. The fourth-order valence-corrected chi connectivity index (χ4v) is 3.81. The van der Waals surface area contributed by atoms with Gasteiger partial charge in [0.2, 0.25) is 5.91 Å². The van der Waals surface area contributed by atoms with Crippen molar-refractivity contribution in [1.82, 2.24) is 10.2 Å². The summed E-state index contributed by atoms with van der Waals surface area (Å²) in [4.78, 5) is 15.4. The molecule has 4 nitrogen and oxygen atoms in total. The topological polar surface area (TPSA) is 41.6 Å². The molecule has 0 bridgehead atoms. The van der Waals surface area contributed by atoms with Gasteiger partial charge in [0.05, 0.1) is 5.41 Å². The van der Waals surface area contributed by atoms with E-state index in [1.807, 2.05) is 11.9 Å². The second kappa shape index (κ2) is 6.97. The zero-order valence-electron chi connectivity index (χ0n) is 13.7. The van der Waals surface area contributed by atoms with Gasteiger partial charge < -0.3 is 15.0 Å². The molecular formula is C18H25FN2O2. The van der Waals surface area contributed by atoms with Crippen molar-refractivity contribution in [3.05, 3.63) is 35.6 Å². The summed E-state index contributed by atoms with van der Waals surface area (Å²) >= 11 is 0. The molecule has 0 aliphatic carbocycles. The van der Waals surface area contributed by atoms with Gasteiger partial charge >= 0.3 is 0 Å². The number of benzene rings is 1. The molecule has 0 spiro atoms. The van der Waals surface area contributed by atoms with Crippen LogP contribution < -0.4 is 5.32 Å². The molecule has 2 aliphatic rings. The summed E-state index contributed by atoms with van der Waals surface area (Å²) in [5.41, 5.74) is 0.348. The Labute approximate surface area is 137 Å². The van der Waals surface area contributed by atoms with E-state index in [1.54, 1.807) is 12.1 Å². The summed E-state index contributed by atoms with van der Waals surface area (Å²) < 4.78 is 18.8. The second-order valence-corrected chi connectivity index (χ2v) is 6.58. The maximum Gasteiger partial charge on any atom is 0.233 e. The number of hydrogen-bond donors (Lipinski definition) is 1. The second-order valence-electron chi connectivity index (χ2n) is 6.58. The summed E-state index contributed by atoms with van der Waals surface area (Å²) in [6, 6.07) is 6.78. The molecule has 1 N–H and O–H groups in total. The number of nitrogens with zero attached hydrogens (tertiary/aromatic N) is 1. The lowest BCUT2D eigenvalue weighted by atomic mass is 9.72. The van der Waals surface area contributed by atoms with Crippen LogP contribution in [0.5, 0.6) is 0 Å². The third kappa shape index (κ3) is 3.26. The highest BCUT2D eigenvalue weighted by Gasteiger charge is 2.44. The maximum atomic E-state index is 13.4. The molecule has 1 unspecified atom stereocenters. The highest BCUT2D eigenvalue weighted by atomic mass is 19.1. The number of rotatable bonds is 3. The Morgan fingerprint density at radius 2 is 2.00 bits per heavy atom. The van der Waals surface area contributed by atoms with E-state index in [1.165, 1.54) is 12.1 Å². The predicted molar refractivity (Wildman–Crippen MR) is 86.8 cm³/mol. The Balaban J connectivity index is 1.89. The molecule has 1 atom stereocenters. The van der Waals surface area contributed by atoms with E-state index in [0.717, 1.165) is 31.5 Å². The Hall–Kier alpha value is -1.46. The number of nitrogens with one attached hydrogen (secondary N) is 1. The maximum absolute atomic E-state index is 13.4. The Morgan fingerprint density at radius 1 is 1.30 bits per heavy atom. The van der Waals surface area contributed by atoms with Crippen LogP contribution >= 0.6 is 0 Å². The zero-order valence-corrected chi connectivity index (χ0v) is 13.7. The molecule has 3 rings (SSSR count). The van der Waals surface area contributed by atoms with Gasteiger partial charge in [0.15, 0.2) is 0 Å². The minimum Gasteiger partial charge on any atom is -0.381 e. The molecule has 2 heterocycles. The van der Waals surface area contributed by atoms with Crippen LogP contribution in [0.2, 0.25) is 0 Å². The highest BCUT2D eigenvalue weighted by Crippen LogP contribution is 2.37. The van der Waals surface area contributed by atoms with Crippen LogP contribution in [0.1, 0.15) is 31.2 Å². The van der Waals surface area contributed by atoms with Crippen LogP contribution in [0.25, 0.3) is 0 Å². The van der Waals surface area contributed by atoms with Gasteiger partial charge in [0.1, 0.15) is 5.82 Å². The van der Waals surface area contributed by atoms with Crippen molar-refractivity contribution in [3.8, 4) is 0 Å². The number of carbonyl (C=O) groups is 1. The standard InChI is InChI=1S/C18H25FN2O2/c1-20-16-3-2-10-21(13-16)17(22)18(8-11-23-12-9-18)14-4-6-15(19)7-5-14/h4-7,16,20H,2-3,8-13H2,1H3. The van der Waals surface area contributed by atoms with Gasteiger partial charge in [0, 0.05) is 32.3 Å². The van der Waals surface area contributed by atoms with E-state index in [4.69, 9.17) is 4.74 Å². The first-order valence-electron chi connectivity index (χ1n) is 8.46. The van der Waals surface area contributed by atoms with Crippen LogP contribution in [0, 0.1) is 5.82 Å². The van der Waals surface area contributed by atoms with Crippen molar-refractivity contribution >= 4 is 5.91 Å². The van der Waals surface area contributed by atoms with Gasteiger partial charge in [-0.05, 0) is 50.4 Å². The zero-order chi connectivity index (χ0) is 16.3. The van der Waals surface area contributed by atoms with Crippen molar-refractivity contribution < 1.29 is 13.9 Å². The minimum atomic E-state index is -0.568. The summed E-state index contributed by atoms with van der Waals surface area (Å²) in [6.45, 7) is 2.71. The van der Waals surface area contributed by atoms with Crippen molar-refractivity contribution in [3.63, 3.8) is 0 Å². The number of likely N-dealkylation sites (tertiary alicyclic amines) is 1. The minimum absolute atomic E-state index is 0.173. The smallest absolute Gasteiger partial charge is 0.233 e. The average molecular weight is 320 g/mol. The van der Waals surface area contributed by atoms with Crippen molar-refractivity contribution in [1.29, 1.82) is 0 Å². The Morgan fingerprint density at radius 3 is 2.65 bits per heavy atom. The van der Waals surface area contributed by atoms with E-state index in [-0.39, 0.29) is 11.7 Å². The number of halogens is 1. The number of hydrogen-bond acceptors (Lipinski definition) is 3. The lowest BCUT2D eigenvalue weighted by Crippen LogP contribution is -2.55. The van der Waals surface area contributed by atoms with Gasteiger partial charge in [-0.1, -0.05) is 12.1 Å². The Bertz CT molecular complexity index is 540. The van der Waals surface area contributed by atoms with Gasteiger partial charge in [-0.15, -0.1) is 0 Å². The Kier molecular flexibility index (Phi) is 4.97. The summed E-state index contributed by atoms with van der Waals surface area (Å²) in [6.07, 6.45) is 3.45. The summed E-state index contributed by atoms with van der Waals surface area (Å²) in [5, 5.41) is 3.28. The number of likely N-dealkylation sites (N-methyl/N-ethyl adjacent to an activating group) is 1. The number of ether oxygens (including phenoxy) is 1. The molecule has 126 valence electrons. The van der Waals surface area contributed by atoms with Crippen molar-refractivity contribution in [2.75, 3.05) is 33.4 Å². The van der Waals surface area contributed by atoms with Crippen molar-refractivity contribution in [2.24, 2.45) is 0 Å². The van der Waals surface area contributed by atoms with Gasteiger partial charge in [-0.25, -0.2) is 4.39 Å². The lowest BCUT2D eigenvalue weighted by Gasteiger charge is -2.42. The lowest BCUT2D eigenvalue weighted by molar-refractivity contribution is -0.142. The molecule has 1 aromatic carbocycles. The third-order valence-corrected chi connectivity index (χ3v) is 5.27. The first-order chi connectivity index (χ1) is 11.2. The number of amides is 1. The molecule has 0 radical (unpaired) electrons. The van der Waals surface area contributed by atoms with Crippen molar-refractivity contribution in [2.45, 2.75) is 37.1 Å². The van der Waals surface area contributed by atoms with E-state index in [2.05, 4.69) is 5.32 Å². The van der Waals surface area contributed by atoms with Crippen LogP contribution in [-0.2, 0) is 14.9 Å². The first kappa shape index (κ1) is 16.4. The SMILES string of the molecule is CNC1CCCN(C(=O)C2(c3ccc(F)cc3)CCOCC2)C1. The van der Waals surface area contributed by atoms with E-state index < -0.39 is 5.41 Å². The van der Waals surface area contributed by atoms with Crippen LogP contribution in [0.4, 0.5) is 4.39 Å². The van der Waals surface area contributed by atoms with E-state index in [0.29, 0.717) is 32.1 Å². The molecule has 2 fully saturated rings. The average Bonchev–Trinajstić information content (AvgIpc) is 2.62. The van der Waals surface area contributed by atoms with Gasteiger partial charge in [-0.2, -0.15) is 0 Å². The highest BCUT2D eigenvalue weighted by molar-refractivity contribution is 5.88. The fourth-order valence-electron chi connectivity index (χ4n) is 3.81. The van der Waals surface area contributed by atoms with Crippen LogP contribution in [-0.4, -0.2) is 50.2 Å². The molecule has 23 heavy (non-hydrogen) atoms. The molecule has 1 amide bonds. The van der Waals surface area contributed by atoms with Gasteiger partial charge in [0.25, 0.3) is 0 Å². The monoisotopic (exact) mass is 320 g/mol. The van der Waals surface area contributed by atoms with Gasteiger partial charge in [-0.3, -0.25) is 4.79 Å². The molecule has 1 aromatic rings. The van der Waals surface area contributed by atoms with E-state index in [9.17, 15) is 9.18 Å². The number of piperidine rings is 1. The first-order valence-corrected chi connectivity index (χ1v) is 8.46. The fraction of sp³-hybridized carbons (Fsp3) is 0.611. The molecule has 2 saturated heterocycles. The molecule has 2 aliphatic heterocycles. The summed E-state index contributed by atoms with van der Waals surface area (Å²) in [7, 11) is 1.95. The molecular weight excluding hydrogens is 295 g/mol. The molecule has 0 aromatic heterocycles. The van der Waals surface area contributed by atoms with E-state index >= 15 is 0 Å². The predicted octanol–water partition coefficient (Wildman–Crippen LogP) is 2.08. The largest absolute Gasteiger partial charge is 0.381 e. The van der Waals surface area contributed by atoms with Crippen LogP contribution in [0.3, 0.4) is 0 Å². The summed E-state index contributed by atoms with van der Waals surface area (Å²) in [5.74, 6) is -0.0935. The molecule has 0 saturated carbocycles. The normalized spacial score (nSPS) is 24.4.